The third-order valence-corrected chi connectivity index (χ3v) is 7.84. The topological polar surface area (TPSA) is 24.1 Å². The summed E-state index contributed by atoms with van der Waals surface area (Å²) in [6.07, 6.45) is 5.82. The van der Waals surface area contributed by atoms with Crippen molar-refractivity contribution in [3.8, 4) is 0 Å². The molecule has 3 aliphatic carbocycles. The van der Waals surface area contributed by atoms with E-state index < -0.39 is 11.8 Å². The first-order chi connectivity index (χ1) is 11.4. The minimum Gasteiger partial charge on any atom is -0.350 e. The Bertz CT molecular complexity index is 650. The zero-order valence-corrected chi connectivity index (χ0v) is 15.6. The summed E-state index contributed by atoms with van der Waals surface area (Å²) in [5.41, 5.74) is 1.11. The molecule has 2 unspecified atom stereocenters. The van der Waals surface area contributed by atoms with E-state index in [9.17, 15) is 8.78 Å². The molecule has 2 fully saturated rings. The SMILES string of the molecule is C=C(Nc1sc2c(c1SN[C@H]1C[C@@H](F)C1)CCCC2)C1CC1(C)F. The fourth-order valence-corrected chi connectivity index (χ4v) is 6.08. The predicted molar refractivity (Wildman–Crippen MR) is 98.3 cm³/mol. The number of halogens is 2. The highest BCUT2D eigenvalue weighted by atomic mass is 32.2. The zero-order valence-electron chi connectivity index (χ0n) is 14.0. The summed E-state index contributed by atoms with van der Waals surface area (Å²) in [7, 11) is 0. The Hall–Kier alpha value is -0.590. The van der Waals surface area contributed by atoms with Crippen molar-refractivity contribution in [2.24, 2.45) is 5.92 Å². The van der Waals surface area contributed by atoms with E-state index in [0.717, 1.165) is 23.5 Å². The standard InChI is InChI=1S/C18H24F2N2S2/c1-10(14-9-18(14,2)20)21-17-16(24-22-12-7-11(19)8-12)13-5-3-4-6-15(13)23-17/h11-12,14,21-22H,1,3-9H2,2H3/t11-,12+,14?,18?. The smallest absolute Gasteiger partial charge is 0.117 e. The van der Waals surface area contributed by atoms with Crippen molar-refractivity contribution < 1.29 is 8.78 Å². The van der Waals surface area contributed by atoms with Crippen LogP contribution < -0.4 is 10.0 Å². The fourth-order valence-electron chi connectivity index (χ4n) is 3.57. The van der Waals surface area contributed by atoms with Crippen LogP contribution in [0.3, 0.4) is 0 Å². The number of allylic oxidation sites excluding steroid dienone is 1. The van der Waals surface area contributed by atoms with E-state index in [1.807, 2.05) is 0 Å². The number of rotatable bonds is 6. The largest absolute Gasteiger partial charge is 0.350 e. The maximum Gasteiger partial charge on any atom is 0.117 e. The zero-order chi connectivity index (χ0) is 16.9. The van der Waals surface area contributed by atoms with Gasteiger partial charge in [0.15, 0.2) is 0 Å². The second-order valence-corrected chi connectivity index (χ2v) is 9.49. The second kappa shape index (κ2) is 6.29. The van der Waals surface area contributed by atoms with Crippen LogP contribution in [0.5, 0.6) is 0 Å². The van der Waals surface area contributed by atoms with Gasteiger partial charge in [0.05, 0.1) is 4.90 Å². The molecule has 132 valence electrons. The van der Waals surface area contributed by atoms with Crippen molar-refractivity contribution in [2.75, 3.05) is 5.32 Å². The minimum atomic E-state index is -1.10. The van der Waals surface area contributed by atoms with Crippen LogP contribution in [0.25, 0.3) is 0 Å². The molecule has 2 saturated carbocycles. The van der Waals surface area contributed by atoms with Gasteiger partial charge in [-0.1, -0.05) is 6.58 Å². The number of anilines is 1. The van der Waals surface area contributed by atoms with Crippen molar-refractivity contribution in [1.29, 1.82) is 0 Å². The molecule has 3 aliphatic rings. The Kier molecular flexibility index (Phi) is 4.42. The van der Waals surface area contributed by atoms with Crippen molar-refractivity contribution in [3.05, 3.63) is 22.7 Å². The van der Waals surface area contributed by atoms with Crippen molar-refractivity contribution >= 4 is 28.3 Å². The van der Waals surface area contributed by atoms with Crippen LogP contribution in [-0.4, -0.2) is 17.9 Å². The molecule has 6 heteroatoms. The normalized spacial score (nSPS) is 34.4. The highest BCUT2D eigenvalue weighted by molar-refractivity contribution is 7.97. The Balaban J connectivity index is 1.49. The van der Waals surface area contributed by atoms with Gasteiger partial charge < -0.3 is 5.32 Å². The second-order valence-electron chi connectivity index (χ2n) is 7.54. The quantitative estimate of drug-likeness (QED) is 0.656. The number of nitrogens with one attached hydrogen (secondary N) is 2. The van der Waals surface area contributed by atoms with Crippen molar-refractivity contribution in [1.82, 2.24) is 4.72 Å². The molecule has 0 radical (unpaired) electrons. The summed E-state index contributed by atoms with van der Waals surface area (Å²) in [6.45, 7) is 5.71. The number of thiophene rings is 1. The van der Waals surface area contributed by atoms with Gasteiger partial charge in [-0.2, -0.15) is 0 Å². The molecule has 0 bridgehead atoms. The third-order valence-electron chi connectivity index (χ3n) is 5.40. The number of aryl methyl sites for hydroxylation is 1. The van der Waals surface area contributed by atoms with Gasteiger partial charge in [0.2, 0.25) is 0 Å². The van der Waals surface area contributed by atoms with Crippen LogP contribution in [0.15, 0.2) is 17.2 Å². The summed E-state index contributed by atoms with van der Waals surface area (Å²) in [5.74, 6) is -0.0821. The summed E-state index contributed by atoms with van der Waals surface area (Å²) in [5, 5.41) is 4.49. The summed E-state index contributed by atoms with van der Waals surface area (Å²) < 4.78 is 30.4. The fraction of sp³-hybridized carbons (Fsp3) is 0.667. The Labute approximate surface area is 150 Å². The first-order valence-electron chi connectivity index (χ1n) is 8.80. The lowest BCUT2D eigenvalue weighted by Crippen LogP contribution is -2.38. The van der Waals surface area contributed by atoms with Crippen LogP contribution in [0, 0.1) is 5.92 Å². The van der Waals surface area contributed by atoms with E-state index in [1.165, 1.54) is 28.2 Å². The van der Waals surface area contributed by atoms with Gasteiger partial charge in [-0.3, -0.25) is 4.72 Å². The van der Waals surface area contributed by atoms with E-state index >= 15 is 0 Å². The molecular weight excluding hydrogens is 346 g/mol. The van der Waals surface area contributed by atoms with E-state index in [1.54, 1.807) is 30.2 Å². The lowest BCUT2D eigenvalue weighted by Gasteiger charge is -2.30. The van der Waals surface area contributed by atoms with Gasteiger partial charge in [0, 0.05) is 22.5 Å². The number of alkyl halides is 2. The average Bonchev–Trinajstić information content (AvgIpc) is 3.01. The van der Waals surface area contributed by atoms with Gasteiger partial charge in [-0.05, 0) is 69.4 Å². The molecule has 1 heterocycles. The minimum absolute atomic E-state index is 0.0821. The number of fused-ring (bicyclic) bond motifs is 1. The molecule has 2 N–H and O–H groups in total. The predicted octanol–water partition coefficient (Wildman–Crippen LogP) is 5.40. The molecule has 0 amide bonds. The summed E-state index contributed by atoms with van der Waals surface area (Å²) in [4.78, 5) is 2.66. The van der Waals surface area contributed by atoms with Crippen LogP contribution in [0.2, 0.25) is 0 Å². The monoisotopic (exact) mass is 370 g/mol. The Morgan fingerprint density at radius 2 is 2.04 bits per heavy atom. The molecule has 1 aromatic heterocycles. The molecular formula is C18H24F2N2S2. The molecule has 2 nitrogen and oxygen atoms in total. The highest BCUT2D eigenvalue weighted by Gasteiger charge is 2.52. The van der Waals surface area contributed by atoms with E-state index in [-0.39, 0.29) is 12.0 Å². The van der Waals surface area contributed by atoms with Crippen molar-refractivity contribution in [2.45, 2.75) is 74.6 Å². The first-order valence-corrected chi connectivity index (χ1v) is 10.4. The number of hydrogen-bond acceptors (Lipinski definition) is 4. The third kappa shape index (κ3) is 3.25. The van der Waals surface area contributed by atoms with Gasteiger partial charge >= 0.3 is 0 Å². The lowest BCUT2D eigenvalue weighted by molar-refractivity contribution is 0.173. The van der Waals surface area contributed by atoms with E-state index in [2.05, 4.69) is 16.6 Å². The maximum absolute atomic E-state index is 13.9. The Morgan fingerprint density at radius 3 is 2.71 bits per heavy atom. The summed E-state index contributed by atoms with van der Waals surface area (Å²) >= 11 is 3.41. The molecule has 0 spiro atoms. The van der Waals surface area contributed by atoms with Gasteiger partial charge in [-0.25, -0.2) is 8.78 Å². The highest BCUT2D eigenvalue weighted by Crippen LogP contribution is 2.52. The van der Waals surface area contributed by atoms with Crippen LogP contribution in [-0.2, 0) is 12.8 Å². The average molecular weight is 371 g/mol. The van der Waals surface area contributed by atoms with Gasteiger partial charge in [-0.15, -0.1) is 11.3 Å². The van der Waals surface area contributed by atoms with Crippen molar-refractivity contribution in [3.63, 3.8) is 0 Å². The first kappa shape index (κ1) is 16.9. The molecule has 0 aromatic carbocycles. The van der Waals surface area contributed by atoms with Gasteiger partial charge in [0.1, 0.15) is 16.8 Å². The van der Waals surface area contributed by atoms with E-state index in [0.29, 0.717) is 19.3 Å². The lowest BCUT2D eigenvalue weighted by atomic mass is 9.92. The van der Waals surface area contributed by atoms with Crippen LogP contribution in [0.4, 0.5) is 13.8 Å². The van der Waals surface area contributed by atoms with E-state index in [4.69, 9.17) is 0 Å². The van der Waals surface area contributed by atoms with Crippen LogP contribution in [0.1, 0.15) is 49.5 Å². The molecule has 2 atom stereocenters. The summed E-state index contributed by atoms with van der Waals surface area (Å²) in [6, 6.07) is 0.262. The van der Waals surface area contributed by atoms with Gasteiger partial charge in [0.25, 0.3) is 0 Å². The molecule has 0 saturated heterocycles. The molecule has 24 heavy (non-hydrogen) atoms. The molecule has 1 aromatic rings. The van der Waals surface area contributed by atoms with Crippen LogP contribution >= 0.6 is 23.3 Å². The maximum atomic E-state index is 13.9. The number of hydrogen-bond donors (Lipinski definition) is 2. The Morgan fingerprint density at radius 1 is 1.33 bits per heavy atom. The molecule has 4 rings (SSSR count). The molecule has 0 aliphatic heterocycles.